The zero-order valence-electron chi connectivity index (χ0n) is 18.9. The van der Waals surface area contributed by atoms with Gasteiger partial charge in [0, 0.05) is 32.2 Å². The first-order chi connectivity index (χ1) is 16.5. The molecule has 0 spiro atoms. The van der Waals surface area contributed by atoms with Crippen LogP contribution < -0.4 is 0 Å². The molecule has 1 saturated heterocycles. The van der Waals surface area contributed by atoms with Crippen LogP contribution >= 0.6 is 11.8 Å². The molecule has 0 atom stereocenters. The first kappa shape index (κ1) is 23.1. The Labute approximate surface area is 204 Å². The number of rotatable bonds is 8. The molecule has 2 fully saturated rings. The van der Waals surface area contributed by atoms with Gasteiger partial charge in [-0.2, -0.15) is 4.31 Å². The van der Waals surface area contributed by atoms with E-state index in [2.05, 4.69) is 21.7 Å². The Morgan fingerprint density at radius 2 is 1.59 bits per heavy atom. The minimum atomic E-state index is -3.40. The summed E-state index contributed by atoms with van der Waals surface area (Å²) in [4.78, 5) is 19.3. The number of carbonyl (C=O) groups excluding carboxylic acids is 1. The fourth-order valence-corrected chi connectivity index (χ4v) is 6.73. The highest BCUT2D eigenvalue weighted by Crippen LogP contribution is 2.41. The Kier molecular flexibility index (Phi) is 6.76. The predicted octanol–water partition coefficient (Wildman–Crippen LogP) is 3.65. The summed E-state index contributed by atoms with van der Waals surface area (Å²) < 4.78 is 29.3. The molecule has 0 N–H and O–H groups in total. The van der Waals surface area contributed by atoms with Gasteiger partial charge in [0.25, 0.3) is 0 Å². The van der Waals surface area contributed by atoms with Crippen molar-refractivity contribution in [2.45, 2.75) is 29.8 Å². The maximum atomic E-state index is 12.9. The molecule has 2 aliphatic rings. The maximum absolute atomic E-state index is 12.9. The molecular formula is C25H28N4O3S2. The number of amides is 1. The largest absolute Gasteiger partial charge is 0.339 e. The van der Waals surface area contributed by atoms with Crippen molar-refractivity contribution in [3.63, 3.8) is 0 Å². The van der Waals surface area contributed by atoms with E-state index in [9.17, 15) is 13.2 Å². The highest BCUT2D eigenvalue weighted by Gasteiger charge is 2.31. The molecule has 7 nitrogen and oxygen atoms in total. The second kappa shape index (κ2) is 9.93. The van der Waals surface area contributed by atoms with Gasteiger partial charge in [0.05, 0.1) is 23.4 Å². The van der Waals surface area contributed by atoms with Gasteiger partial charge < -0.3 is 9.47 Å². The molecule has 1 amide bonds. The quantitative estimate of drug-likeness (QED) is 0.445. The van der Waals surface area contributed by atoms with Gasteiger partial charge in [-0.3, -0.25) is 4.79 Å². The van der Waals surface area contributed by atoms with Crippen LogP contribution in [-0.2, 0) is 20.6 Å². The number of piperazine rings is 1. The van der Waals surface area contributed by atoms with Gasteiger partial charge in [-0.1, -0.05) is 72.4 Å². The van der Waals surface area contributed by atoms with Gasteiger partial charge >= 0.3 is 0 Å². The predicted molar refractivity (Wildman–Crippen MR) is 134 cm³/mol. The number of carbonyl (C=O) groups is 1. The van der Waals surface area contributed by atoms with Gasteiger partial charge in [0.2, 0.25) is 15.9 Å². The lowest BCUT2D eigenvalue weighted by Crippen LogP contribution is -2.51. The summed E-state index contributed by atoms with van der Waals surface area (Å²) in [7, 11) is -3.40. The fraction of sp³-hybridized carbons (Fsp3) is 0.360. The lowest BCUT2D eigenvalue weighted by Gasteiger charge is -2.34. The monoisotopic (exact) mass is 496 g/mol. The number of nitrogens with zero attached hydrogens (tertiary/aromatic N) is 4. The van der Waals surface area contributed by atoms with E-state index in [1.165, 1.54) is 16.1 Å². The van der Waals surface area contributed by atoms with Crippen LogP contribution in [-0.4, -0.2) is 65.0 Å². The topological polar surface area (TPSA) is 75.5 Å². The molecule has 1 aliphatic carbocycles. The van der Waals surface area contributed by atoms with Crippen LogP contribution in [0, 0.1) is 0 Å². The first-order valence-corrected chi connectivity index (χ1v) is 14.2. The van der Waals surface area contributed by atoms with Crippen molar-refractivity contribution >= 4 is 27.7 Å². The van der Waals surface area contributed by atoms with Crippen LogP contribution in [0.1, 0.15) is 24.4 Å². The van der Waals surface area contributed by atoms with Crippen LogP contribution in [0.15, 0.2) is 72.0 Å². The highest BCUT2D eigenvalue weighted by molar-refractivity contribution is 7.99. The third-order valence-electron chi connectivity index (χ3n) is 6.25. The zero-order valence-corrected chi connectivity index (χ0v) is 20.5. The molecule has 1 aliphatic heterocycles. The number of hydrogen-bond acceptors (Lipinski definition) is 5. The lowest BCUT2D eigenvalue weighted by atomic mass is 10.2. The molecule has 3 aromatic rings. The summed E-state index contributed by atoms with van der Waals surface area (Å²) in [6.07, 6.45) is 4.17. The van der Waals surface area contributed by atoms with E-state index < -0.39 is 10.0 Å². The van der Waals surface area contributed by atoms with E-state index in [1.807, 2.05) is 54.7 Å². The van der Waals surface area contributed by atoms with E-state index in [4.69, 9.17) is 0 Å². The molecular weight excluding hydrogens is 468 g/mol. The molecule has 178 valence electrons. The van der Waals surface area contributed by atoms with Crippen molar-refractivity contribution in [2.24, 2.45) is 0 Å². The van der Waals surface area contributed by atoms with E-state index in [-0.39, 0.29) is 11.7 Å². The minimum Gasteiger partial charge on any atom is -0.339 e. The van der Waals surface area contributed by atoms with Gasteiger partial charge in [0.15, 0.2) is 5.16 Å². The van der Waals surface area contributed by atoms with Crippen molar-refractivity contribution in [2.75, 3.05) is 31.9 Å². The number of sulfonamides is 1. The Bertz CT molecular complexity index is 1230. The minimum absolute atomic E-state index is 0.00872. The molecule has 1 saturated carbocycles. The van der Waals surface area contributed by atoms with E-state index in [1.54, 1.807) is 4.90 Å². The third-order valence-corrected chi connectivity index (χ3v) is 9.05. The summed E-state index contributed by atoms with van der Waals surface area (Å²) >= 11 is 1.47. The molecule has 9 heteroatoms. The Morgan fingerprint density at radius 3 is 2.24 bits per heavy atom. The number of hydrogen-bond donors (Lipinski definition) is 0. The molecule has 2 aromatic carbocycles. The van der Waals surface area contributed by atoms with Crippen molar-refractivity contribution in [3.8, 4) is 11.3 Å². The normalized spacial score (nSPS) is 17.1. The average Bonchev–Trinajstić information content (AvgIpc) is 3.62. The van der Waals surface area contributed by atoms with Gasteiger partial charge in [0.1, 0.15) is 0 Å². The highest BCUT2D eigenvalue weighted by atomic mass is 32.2. The molecule has 0 unspecified atom stereocenters. The SMILES string of the molecule is O=C(CSc1ncc(-c2ccccc2)n1C1CC1)N1CCN(S(=O)(=O)Cc2ccccc2)CC1. The van der Waals surface area contributed by atoms with Crippen molar-refractivity contribution in [1.82, 2.24) is 18.8 Å². The molecule has 2 heterocycles. The zero-order chi connectivity index (χ0) is 23.5. The van der Waals surface area contributed by atoms with E-state index in [0.717, 1.165) is 34.8 Å². The maximum Gasteiger partial charge on any atom is 0.233 e. The Hall–Kier alpha value is -2.62. The van der Waals surface area contributed by atoms with Gasteiger partial charge in [-0.15, -0.1) is 0 Å². The van der Waals surface area contributed by atoms with Gasteiger partial charge in [-0.05, 0) is 24.0 Å². The summed E-state index contributed by atoms with van der Waals surface area (Å²) in [6, 6.07) is 19.9. The smallest absolute Gasteiger partial charge is 0.233 e. The summed E-state index contributed by atoms with van der Waals surface area (Å²) in [5, 5.41) is 0.874. The number of aromatic nitrogens is 2. The van der Waals surface area contributed by atoms with Crippen LogP contribution in [0.3, 0.4) is 0 Å². The molecule has 34 heavy (non-hydrogen) atoms. The molecule has 0 radical (unpaired) electrons. The van der Waals surface area contributed by atoms with Crippen molar-refractivity contribution in [1.29, 1.82) is 0 Å². The molecule has 1 aromatic heterocycles. The third kappa shape index (κ3) is 5.21. The van der Waals surface area contributed by atoms with Crippen LogP contribution in [0.5, 0.6) is 0 Å². The lowest BCUT2D eigenvalue weighted by molar-refractivity contribution is -0.129. The second-order valence-corrected chi connectivity index (χ2v) is 11.6. The standard InChI is InChI=1S/C25H28N4O3S2/c30-24(27-13-15-28(16-14-27)34(31,32)19-20-7-3-1-4-8-20)18-33-25-26-17-23(29(25)22-11-12-22)21-9-5-2-6-10-21/h1-10,17,22H,11-16,18-19H2. The van der Waals surface area contributed by atoms with Crippen LogP contribution in [0.2, 0.25) is 0 Å². The fourth-order valence-electron chi connectivity index (χ4n) is 4.27. The van der Waals surface area contributed by atoms with Crippen LogP contribution in [0.4, 0.5) is 0 Å². The van der Waals surface area contributed by atoms with E-state index in [0.29, 0.717) is 38.0 Å². The van der Waals surface area contributed by atoms with Crippen LogP contribution in [0.25, 0.3) is 11.3 Å². The number of imidazole rings is 1. The Balaban J connectivity index is 1.17. The summed E-state index contributed by atoms with van der Waals surface area (Å²) in [6.45, 7) is 1.50. The molecule has 5 rings (SSSR count). The van der Waals surface area contributed by atoms with E-state index >= 15 is 0 Å². The average molecular weight is 497 g/mol. The Morgan fingerprint density at radius 1 is 0.941 bits per heavy atom. The molecule has 0 bridgehead atoms. The van der Waals surface area contributed by atoms with Crippen molar-refractivity contribution in [3.05, 3.63) is 72.4 Å². The summed E-state index contributed by atoms with van der Waals surface area (Å²) in [5.74, 6) is 0.316. The number of benzene rings is 2. The summed E-state index contributed by atoms with van der Waals surface area (Å²) in [5.41, 5.74) is 3.00. The number of thioether (sulfide) groups is 1. The second-order valence-electron chi connectivity index (χ2n) is 8.70. The first-order valence-electron chi connectivity index (χ1n) is 11.6. The van der Waals surface area contributed by atoms with Gasteiger partial charge in [-0.25, -0.2) is 13.4 Å². The van der Waals surface area contributed by atoms with Crippen molar-refractivity contribution < 1.29 is 13.2 Å².